The lowest BCUT2D eigenvalue weighted by molar-refractivity contribution is -0.163. The van der Waals surface area contributed by atoms with Crippen LogP contribution < -0.4 is 4.90 Å². The first-order valence-corrected chi connectivity index (χ1v) is 10.1. The molecule has 2 aromatic carbocycles. The van der Waals surface area contributed by atoms with Crippen LogP contribution in [0.25, 0.3) is 6.08 Å². The molecule has 3 fully saturated rings. The molecule has 4 aliphatic heterocycles. The molecule has 0 amide bonds. The Morgan fingerprint density at radius 3 is 2.72 bits per heavy atom. The monoisotopic (exact) mass is 387 g/mol. The van der Waals surface area contributed by atoms with E-state index in [9.17, 15) is 9.59 Å². The number of fused-ring (bicyclic) bond motifs is 8. The van der Waals surface area contributed by atoms with E-state index >= 15 is 0 Å². The zero-order valence-corrected chi connectivity index (χ0v) is 16.0. The van der Waals surface area contributed by atoms with Crippen molar-refractivity contribution >= 4 is 23.3 Å². The van der Waals surface area contributed by atoms with Gasteiger partial charge in [0.2, 0.25) is 6.29 Å². The summed E-state index contributed by atoms with van der Waals surface area (Å²) in [7, 11) is 0. The van der Waals surface area contributed by atoms with Crippen molar-refractivity contribution in [3.05, 3.63) is 71.3 Å². The Bertz CT molecular complexity index is 1040. The van der Waals surface area contributed by atoms with Gasteiger partial charge in [-0.25, -0.2) is 0 Å². The zero-order valence-electron chi connectivity index (χ0n) is 16.0. The standard InChI is InChI=1S/C24H21NO4/c1-13-6-8-15(9-7-13)22(26)21-20-18-12-28-24(29-18)23(27)19(20)17-11-10-14-4-2-3-5-16(14)25(17)21/h2-11,17-21,24H,12H2,1H3/t17-,18+,19-,20-,21-,24+/m0/s1. The van der Waals surface area contributed by atoms with Crippen molar-refractivity contribution < 1.29 is 19.1 Å². The molecular weight excluding hydrogens is 366 g/mol. The minimum absolute atomic E-state index is 0.0364. The van der Waals surface area contributed by atoms with Crippen LogP contribution in [-0.2, 0) is 14.3 Å². The summed E-state index contributed by atoms with van der Waals surface area (Å²) in [5, 5.41) is 0. The van der Waals surface area contributed by atoms with Crippen molar-refractivity contribution in [3.63, 3.8) is 0 Å². The first-order valence-electron chi connectivity index (χ1n) is 10.1. The summed E-state index contributed by atoms with van der Waals surface area (Å²) in [6.07, 6.45) is 3.11. The summed E-state index contributed by atoms with van der Waals surface area (Å²) in [6.45, 7) is 2.37. The number of rotatable bonds is 2. The minimum atomic E-state index is -0.790. The lowest BCUT2D eigenvalue weighted by atomic mass is 9.77. The second-order valence-electron chi connectivity index (χ2n) is 8.34. The first kappa shape index (κ1) is 17.1. The van der Waals surface area contributed by atoms with E-state index in [1.165, 1.54) is 0 Å². The summed E-state index contributed by atoms with van der Waals surface area (Å²) in [5.41, 5.74) is 3.85. The van der Waals surface area contributed by atoms with E-state index in [1.807, 2.05) is 55.5 Å². The number of benzene rings is 2. The van der Waals surface area contributed by atoms with E-state index in [0.29, 0.717) is 12.2 Å². The Labute approximate surface area is 168 Å². The number of anilines is 1. The van der Waals surface area contributed by atoms with Crippen molar-refractivity contribution in [3.8, 4) is 0 Å². The molecule has 2 bridgehead atoms. The van der Waals surface area contributed by atoms with Crippen LogP contribution in [0.15, 0.2) is 54.6 Å². The van der Waals surface area contributed by atoms with Gasteiger partial charge in [0.15, 0.2) is 11.6 Å². The fourth-order valence-corrected chi connectivity index (χ4v) is 5.47. The third-order valence-corrected chi connectivity index (χ3v) is 6.76. The number of ether oxygens (including phenoxy) is 2. The van der Waals surface area contributed by atoms with Gasteiger partial charge in [-0.3, -0.25) is 9.59 Å². The van der Waals surface area contributed by atoms with Gasteiger partial charge in [-0.2, -0.15) is 0 Å². The predicted octanol–water partition coefficient (Wildman–Crippen LogP) is 3.02. The SMILES string of the molecule is Cc1ccc(C(=O)[C@@H]2[C@@H]3[C@@H](C(=O)[C@@H]4OC[C@H]3O4)[C@@H]3C=Cc4ccccc4N23)cc1. The molecule has 0 unspecified atom stereocenters. The number of hydrogen-bond donors (Lipinski definition) is 0. The smallest absolute Gasteiger partial charge is 0.218 e. The summed E-state index contributed by atoms with van der Waals surface area (Å²) in [6, 6.07) is 15.1. The van der Waals surface area contributed by atoms with Gasteiger partial charge < -0.3 is 14.4 Å². The minimum Gasteiger partial charge on any atom is -0.353 e. The molecule has 29 heavy (non-hydrogen) atoms. The number of hydrogen-bond acceptors (Lipinski definition) is 5. The van der Waals surface area contributed by atoms with Crippen LogP contribution in [0.1, 0.15) is 21.5 Å². The zero-order chi connectivity index (χ0) is 19.7. The van der Waals surface area contributed by atoms with E-state index in [4.69, 9.17) is 9.47 Å². The number of carbonyl (C=O) groups is 2. The molecule has 5 heteroatoms. The molecule has 3 saturated heterocycles. The number of nitrogens with zero attached hydrogens (tertiary/aromatic N) is 1. The van der Waals surface area contributed by atoms with Crippen molar-refractivity contribution in [2.75, 3.05) is 11.5 Å². The van der Waals surface area contributed by atoms with E-state index in [-0.39, 0.29) is 35.5 Å². The average molecular weight is 387 g/mol. The highest BCUT2D eigenvalue weighted by Crippen LogP contribution is 2.50. The van der Waals surface area contributed by atoms with Gasteiger partial charge in [0.05, 0.1) is 30.7 Å². The van der Waals surface area contributed by atoms with Gasteiger partial charge >= 0.3 is 0 Å². The molecule has 0 spiro atoms. The van der Waals surface area contributed by atoms with E-state index in [2.05, 4.69) is 17.1 Å². The maximum Gasteiger partial charge on any atom is 0.218 e. The fourth-order valence-electron chi connectivity index (χ4n) is 5.47. The van der Waals surface area contributed by atoms with Crippen LogP contribution in [0.4, 0.5) is 5.69 Å². The van der Waals surface area contributed by atoms with Gasteiger partial charge in [0, 0.05) is 17.2 Å². The number of carbonyl (C=O) groups excluding carboxylic acids is 2. The Hall–Kier alpha value is -2.76. The highest BCUT2D eigenvalue weighted by molar-refractivity contribution is 6.05. The third kappa shape index (κ3) is 2.35. The van der Waals surface area contributed by atoms with Crippen LogP contribution >= 0.6 is 0 Å². The van der Waals surface area contributed by atoms with Crippen LogP contribution in [0.2, 0.25) is 0 Å². The van der Waals surface area contributed by atoms with Crippen LogP contribution in [0.5, 0.6) is 0 Å². The Morgan fingerprint density at radius 2 is 1.90 bits per heavy atom. The molecule has 0 aliphatic carbocycles. The second-order valence-corrected chi connectivity index (χ2v) is 8.34. The lowest BCUT2D eigenvalue weighted by Crippen LogP contribution is -2.48. The van der Waals surface area contributed by atoms with Crippen molar-refractivity contribution in [1.82, 2.24) is 0 Å². The maximum absolute atomic E-state index is 13.8. The molecule has 0 saturated carbocycles. The molecule has 5 nitrogen and oxygen atoms in total. The normalized spacial score (nSPS) is 34.0. The first-order chi connectivity index (χ1) is 14.1. The molecular formula is C24H21NO4. The van der Waals surface area contributed by atoms with Crippen molar-refractivity contribution in [2.45, 2.75) is 31.4 Å². The summed E-state index contributed by atoms with van der Waals surface area (Å²) < 4.78 is 11.5. The molecule has 4 heterocycles. The summed E-state index contributed by atoms with van der Waals surface area (Å²) in [4.78, 5) is 29.1. The largest absolute Gasteiger partial charge is 0.353 e. The highest BCUT2D eigenvalue weighted by Gasteiger charge is 2.63. The summed E-state index contributed by atoms with van der Waals surface area (Å²) in [5.74, 6) is -0.530. The van der Waals surface area contributed by atoms with Gasteiger partial charge in [-0.15, -0.1) is 0 Å². The van der Waals surface area contributed by atoms with Crippen LogP contribution in [0, 0.1) is 18.8 Å². The topological polar surface area (TPSA) is 55.8 Å². The van der Waals surface area contributed by atoms with Gasteiger partial charge in [0.1, 0.15) is 0 Å². The highest BCUT2D eigenvalue weighted by atomic mass is 16.7. The van der Waals surface area contributed by atoms with E-state index in [0.717, 1.165) is 16.8 Å². The number of ketones is 2. The molecule has 0 aromatic heterocycles. The second kappa shape index (κ2) is 6.12. The van der Waals surface area contributed by atoms with Crippen LogP contribution in [-0.4, -0.2) is 42.7 Å². The quantitative estimate of drug-likeness (QED) is 0.742. The molecule has 0 radical (unpaired) electrons. The number of aryl methyl sites for hydroxylation is 1. The molecule has 2 aromatic rings. The lowest BCUT2D eigenvalue weighted by Gasteiger charge is -2.35. The van der Waals surface area contributed by atoms with Crippen molar-refractivity contribution in [2.24, 2.45) is 11.8 Å². The fraction of sp³-hybridized carbons (Fsp3) is 0.333. The molecule has 146 valence electrons. The molecule has 4 aliphatic rings. The van der Waals surface area contributed by atoms with Gasteiger partial charge in [-0.1, -0.05) is 60.2 Å². The molecule has 6 rings (SSSR count). The number of Topliss-reactive ketones (excluding diaryl/α,β-unsaturated/α-hetero) is 2. The molecule has 6 atom stereocenters. The summed E-state index contributed by atoms with van der Waals surface area (Å²) >= 11 is 0. The molecule has 0 N–H and O–H groups in total. The van der Waals surface area contributed by atoms with Crippen LogP contribution in [0.3, 0.4) is 0 Å². The predicted molar refractivity (Wildman–Crippen MR) is 108 cm³/mol. The van der Waals surface area contributed by atoms with Gasteiger partial charge in [-0.05, 0) is 18.6 Å². The van der Waals surface area contributed by atoms with E-state index < -0.39 is 12.3 Å². The maximum atomic E-state index is 13.8. The van der Waals surface area contributed by atoms with Gasteiger partial charge in [0.25, 0.3) is 0 Å². The Morgan fingerprint density at radius 1 is 1.10 bits per heavy atom. The Balaban J connectivity index is 1.52. The average Bonchev–Trinajstić information content (AvgIpc) is 3.33. The van der Waals surface area contributed by atoms with Crippen molar-refractivity contribution in [1.29, 1.82) is 0 Å². The Kier molecular flexibility index (Phi) is 3.61. The van der Waals surface area contributed by atoms with E-state index in [1.54, 1.807) is 0 Å². The third-order valence-electron chi connectivity index (χ3n) is 6.76. The number of para-hydroxylation sites is 1.